The molecule has 0 saturated carbocycles. The summed E-state index contributed by atoms with van der Waals surface area (Å²) < 4.78 is 5.26. The van der Waals surface area contributed by atoms with Crippen molar-refractivity contribution in [1.82, 2.24) is 15.5 Å². The molecule has 26 heavy (non-hydrogen) atoms. The maximum absolute atomic E-state index is 5.26. The molecule has 1 saturated heterocycles. The van der Waals surface area contributed by atoms with Gasteiger partial charge in [0.1, 0.15) is 5.75 Å². The molecule has 1 aliphatic heterocycles. The number of piperidine rings is 1. The summed E-state index contributed by atoms with van der Waals surface area (Å²) in [7, 11) is 3.51. The zero-order chi connectivity index (χ0) is 17.9. The van der Waals surface area contributed by atoms with Gasteiger partial charge in [-0.05, 0) is 62.4 Å². The molecule has 1 fully saturated rings. The number of guanidine groups is 1. The first-order chi connectivity index (χ1) is 12.2. The normalized spacial score (nSPS) is 18.1. The third kappa shape index (κ3) is 8.58. The van der Waals surface area contributed by atoms with Crippen molar-refractivity contribution >= 4 is 29.9 Å². The Hall–Kier alpha value is -1.02. The molecule has 0 bridgehead atoms. The van der Waals surface area contributed by atoms with Gasteiger partial charge in [-0.2, -0.15) is 0 Å². The highest BCUT2D eigenvalue weighted by molar-refractivity contribution is 14.0. The van der Waals surface area contributed by atoms with E-state index in [1.54, 1.807) is 7.11 Å². The number of hydrogen-bond donors (Lipinski definition) is 2. The van der Waals surface area contributed by atoms with Crippen molar-refractivity contribution in [2.24, 2.45) is 10.9 Å². The molecule has 1 aromatic carbocycles. The van der Waals surface area contributed by atoms with Crippen molar-refractivity contribution in [2.75, 3.05) is 40.3 Å². The Morgan fingerprint density at radius 2 is 2.15 bits per heavy atom. The van der Waals surface area contributed by atoms with Crippen LogP contribution in [0.5, 0.6) is 5.75 Å². The average Bonchev–Trinajstić information content (AvgIpc) is 2.64. The quantitative estimate of drug-likeness (QED) is 0.262. The third-order valence-electron chi connectivity index (χ3n) is 4.75. The lowest BCUT2D eigenvalue weighted by Crippen LogP contribution is -2.38. The van der Waals surface area contributed by atoms with E-state index in [0.29, 0.717) is 0 Å². The lowest BCUT2D eigenvalue weighted by Gasteiger charge is -2.30. The maximum Gasteiger partial charge on any atom is 0.191 e. The van der Waals surface area contributed by atoms with E-state index in [9.17, 15) is 0 Å². The topological polar surface area (TPSA) is 48.9 Å². The van der Waals surface area contributed by atoms with E-state index >= 15 is 0 Å². The number of hydrogen-bond acceptors (Lipinski definition) is 3. The molecule has 148 valence electrons. The highest BCUT2D eigenvalue weighted by Gasteiger charge is 2.15. The van der Waals surface area contributed by atoms with Gasteiger partial charge >= 0.3 is 0 Å². The standard InChI is InChI=1S/C20H34N4O.HI/c1-17-8-7-13-24(16-17)12-5-4-11-22-20(21-2)23-15-18-9-6-10-19(14-18)25-3;/h6,9-10,14,17H,4-5,7-8,11-13,15-16H2,1-3H3,(H2,21,22,23);1H. The van der Waals surface area contributed by atoms with Crippen LogP contribution in [0.4, 0.5) is 0 Å². The second-order valence-electron chi connectivity index (χ2n) is 6.96. The molecule has 5 nitrogen and oxygen atoms in total. The lowest BCUT2D eigenvalue weighted by atomic mass is 10.0. The van der Waals surface area contributed by atoms with Gasteiger partial charge in [0.05, 0.1) is 7.11 Å². The summed E-state index contributed by atoms with van der Waals surface area (Å²) >= 11 is 0. The number of benzene rings is 1. The van der Waals surface area contributed by atoms with Crippen molar-refractivity contribution < 1.29 is 4.74 Å². The van der Waals surface area contributed by atoms with E-state index < -0.39 is 0 Å². The van der Waals surface area contributed by atoms with Gasteiger partial charge in [-0.1, -0.05) is 19.1 Å². The van der Waals surface area contributed by atoms with Crippen LogP contribution < -0.4 is 15.4 Å². The molecule has 1 aliphatic rings. The van der Waals surface area contributed by atoms with E-state index in [0.717, 1.165) is 30.7 Å². The molecule has 1 atom stereocenters. The Kier molecular flexibility index (Phi) is 11.7. The molecule has 1 aromatic rings. The lowest BCUT2D eigenvalue weighted by molar-refractivity contribution is 0.181. The Morgan fingerprint density at radius 1 is 1.31 bits per heavy atom. The summed E-state index contributed by atoms with van der Waals surface area (Å²) in [5.41, 5.74) is 1.18. The summed E-state index contributed by atoms with van der Waals surface area (Å²) in [6.45, 7) is 7.84. The van der Waals surface area contributed by atoms with Gasteiger partial charge in [-0.15, -0.1) is 24.0 Å². The van der Waals surface area contributed by atoms with Crippen LogP contribution in [0.2, 0.25) is 0 Å². The first-order valence-corrected chi connectivity index (χ1v) is 9.51. The summed E-state index contributed by atoms with van der Waals surface area (Å²) in [6.07, 6.45) is 5.17. The van der Waals surface area contributed by atoms with Crippen molar-refractivity contribution in [2.45, 2.75) is 39.2 Å². The number of ether oxygens (including phenoxy) is 1. The summed E-state index contributed by atoms with van der Waals surface area (Å²) in [6, 6.07) is 8.09. The monoisotopic (exact) mass is 474 g/mol. The van der Waals surface area contributed by atoms with Gasteiger partial charge in [0.2, 0.25) is 0 Å². The van der Waals surface area contributed by atoms with Crippen LogP contribution in [-0.4, -0.2) is 51.2 Å². The summed E-state index contributed by atoms with van der Waals surface area (Å²) in [4.78, 5) is 6.91. The van der Waals surface area contributed by atoms with Crippen molar-refractivity contribution in [3.8, 4) is 5.75 Å². The van der Waals surface area contributed by atoms with Gasteiger partial charge in [-0.25, -0.2) is 0 Å². The highest BCUT2D eigenvalue weighted by atomic mass is 127. The van der Waals surface area contributed by atoms with E-state index in [4.69, 9.17) is 4.74 Å². The van der Waals surface area contributed by atoms with Gasteiger partial charge in [0.25, 0.3) is 0 Å². The number of nitrogens with one attached hydrogen (secondary N) is 2. The Labute approximate surface area is 176 Å². The fourth-order valence-electron chi connectivity index (χ4n) is 3.35. The van der Waals surface area contributed by atoms with Crippen LogP contribution in [0.25, 0.3) is 0 Å². The molecule has 0 aromatic heterocycles. The van der Waals surface area contributed by atoms with Gasteiger partial charge in [0.15, 0.2) is 5.96 Å². The molecule has 2 rings (SSSR count). The third-order valence-corrected chi connectivity index (χ3v) is 4.75. The maximum atomic E-state index is 5.26. The molecule has 0 aliphatic carbocycles. The zero-order valence-corrected chi connectivity index (χ0v) is 18.8. The van der Waals surface area contributed by atoms with Crippen LogP contribution in [0.1, 0.15) is 38.2 Å². The van der Waals surface area contributed by atoms with Gasteiger partial charge in [-0.3, -0.25) is 4.99 Å². The smallest absolute Gasteiger partial charge is 0.191 e. The number of likely N-dealkylation sites (tertiary alicyclic amines) is 1. The second-order valence-corrected chi connectivity index (χ2v) is 6.96. The van der Waals surface area contributed by atoms with Crippen LogP contribution in [0.15, 0.2) is 29.3 Å². The fraction of sp³-hybridized carbons (Fsp3) is 0.650. The number of halogens is 1. The minimum Gasteiger partial charge on any atom is -0.497 e. The van der Waals surface area contributed by atoms with Crippen LogP contribution in [-0.2, 0) is 6.54 Å². The summed E-state index contributed by atoms with van der Waals surface area (Å²) in [5.74, 6) is 2.61. The van der Waals surface area contributed by atoms with Crippen LogP contribution in [0, 0.1) is 5.92 Å². The zero-order valence-electron chi connectivity index (χ0n) is 16.5. The number of methoxy groups -OCH3 is 1. The van der Waals surface area contributed by atoms with E-state index in [-0.39, 0.29) is 24.0 Å². The molecular formula is C20H35IN4O. The second kappa shape index (κ2) is 13.2. The minimum absolute atomic E-state index is 0. The molecule has 0 spiro atoms. The molecule has 1 unspecified atom stereocenters. The van der Waals surface area contributed by atoms with E-state index in [1.165, 1.54) is 50.9 Å². The SMILES string of the molecule is CN=C(NCCCCN1CCCC(C)C1)NCc1cccc(OC)c1.I. The molecular weight excluding hydrogens is 439 g/mol. The molecule has 0 radical (unpaired) electrons. The Balaban J connectivity index is 0.00000338. The number of rotatable bonds is 8. The van der Waals surface area contributed by atoms with E-state index in [1.807, 2.05) is 25.2 Å². The van der Waals surface area contributed by atoms with Crippen molar-refractivity contribution in [1.29, 1.82) is 0 Å². The molecule has 6 heteroatoms. The number of aliphatic imine (C=N–C) groups is 1. The highest BCUT2D eigenvalue weighted by Crippen LogP contribution is 2.15. The Bertz CT molecular complexity index is 538. The molecule has 1 heterocycles. The molecule has 2 N–H and O–H groups in total. The van der Waals surface area contributed by atoms with Crippen molar-refractivity contribution in [3.63, 3.8) is 0 Å². The van der Waals surface area contributed by atoms with Crippen LogP contribution in [0.3, 0.4) is 0 Å². The Morgan fingerprint density at radius 3 is 2.88 bits per heavy atom. The predicted molar refractivity (Wildman–Crippen MR) is 121 cm³/mol. The first-order valence-electron chi connectivity index (χ1n) is 9.51. The summed E-state index contributed by atoms with van der Waals surface area (Å²) in [5, 5.41) is 6.76. The molecule has 0 amide bonds. The predicted octanol–water partition coefficient (Wildman–Crippen LogP) is 3.49. The largest absolute Gasteiger partial charge is 0.497 e. The minimum atomic E-state index is 0. The number of nitrogens with zero attached hydrogens (tertiary/aromatic N) is 2. The van der Waals surface area contributed by atoms with E-state index in [2.05, 4.69) is 33.5 Å². The van der Waals surface area contributed by atoms with Gasteiger partial charge in [0, 0.05) is 26.7 Å². The average molecular weight is 474 g/mol. The van der Waals surface area contributed by atoms with Crippen LogP contribution >= 0.6 is 24.0 Å². The van der Waals surface area contributed by atoms with Crippen molar-refractivity contribution in [3.05, 3.63) is 29.8 Å². The fourth-order valence-corrected chi connectivity index (χ4v) is 3.35. The van der Waals surface area contributed by atoms with Gasteiger partial charge < -0.3 is 20.3 Å². The first kappa shape index (κ1) is 23.0. The number of unbranched alkanes of at least 4 members (excludes halogenated alkanes) is 1.